The van der Waals surface area contributed by atoms with Gasteiger partial charge in [-0.05, 0) is 52.1 Å². The van der Waals surface area contributed by atoms with Crippen molar-refractivity contribution in [3.8, 4) is 0 Å². The van der Waals surface area contributed by atoms with Crippen molar-refractivity contribution in [3.05, 3.63) is 23.3 Å². The first-order valence-electron chi connectivity index (χ1n) is 6.91. The molecule has 1 aliphatic rings. The van der Waals surface area contributed by atoms with Crippen molar-refractivity contribution in [2.75, 3.05) is 26.2 Å². The highest BCUT2D eigenvalue weighted by Crippen LogP contribution is 2.16. The van der Waals surface area contributed by atoms with Crippen LogP contribution in [0.5, 0.6) is 0 Å². The van der Waals surface area contributed by atoms with Crippen LogP contribution >= 0.6 is 0 Å². The van der Waals surface area contributed by atoms with E-state index in [4.69, 9.17) is 5.73 Å². The molecule has 1 rings (SSSR count). The van der Waals surface area contributed by atoms with Crippen LogP contribution in [0, 0.1) is 5.92 Å². The number of allylic oxidation sites excluding steroid dienone is 3. The van der Waals surface area contributed by atoms with Crippen LogP contribution in [0.25, 0.3) is 0 Å². The molecule has 1 heterocycles. The monoisotopic (exact) mass is 236 g/mol. The number of nitrogens with zero attached hydrogens (tertiary/aromatic N) is 1. The van der Waals surface area contributed by atoms with Crippen LogP contribution < -0.4 is 5.73 Å². The molecule has 2 nitrogen and oxygen atoms in total. The predicted molar refractivity (Wildman–Crippen MR) is 76.0 cm³/mol. The lowest BCUT2D eigenvalue weighted by Gasteiger charge is -2.32. The topological polar surface area (TPSA) is 29.3 Å². The number of piperidine rings is 1. The van der Waals surface area contributed by atoms with Gasteiger partial charge in [-0.2, -0.15) is 0 Å². The summed E-state index contributed by atoms with van der Waals surface area (Å²) in [5.74, 6) is 0.712. The first kappa shape index (κ1) is 14.5. The fourth-order valence-electron chi connectivity index (χ4n) is 2.30. The molecule has 0 amide bonds. The SMILES string of the molecule is CC/C(C)=C\C=C(/C)CN1CCCC(CN)C1. The highest BCUT2D eigenvalue weighted by Gasteiger charge is 2.18. The Kier molecular flexibility index (Phi) is 6.53. The maximum absolute atomic E-state index is 5.76. The van der Waals surface area contributed by atoms with Crippen LogP contribution in [-0.4, -0.2) is 31.1 Å². The summed E-state index contributed by atoms with van der Waals surface area (Å²) in [4.78, 5) is 2.54. The van der Waals surface area contributed by atoms with Crippen molar-refractivity contribution in [3.63, 3.8) is 0 Å². The van der Waals surface area contributed by atoms with E-state index >= 15 is 0 Å². The summed E-state index contributed by atoms with van der Waals surface area (Å²) < 4.78 is 0. The Labute approximate surface area is 107 Å². The van der Waals surface area contributed by atoms with E-state index in [1.54, 1.807) is 0 Å². The minimum atomic E-state index is 0.712. The molecule has 98 valence electrons. The van der Waals surface area contributed by atoms with Crippen LogP contribution in [0.1, 0.15) is 40.0 Å². The van der Waals surface area contributed by atoms with Gasteiger partial charge in [0.05, 0.1) is 0 Å². The molecule has 0 aromatic rings. The largest absolute Gasteiger partial charge is 0.330 e. The standard InChI is InChI=1S/C15H28N2/c1-4-13(2)7-8-14(3)11-17-9-5-6-15(10-16)12-17/h7-8,15H,4-6,9-12,16H2,1-3H3/b13-7-,14-8+. The molecule has 2 N–H and O–H groups in total. The quantitative estimate of drug-likeness (QED) is 0.744. The molecule has 1 saturated heterocycles. The lowest BCUT2D eigenvalue weighted by Crippen LogP contribution is -2.39. The molecule has 1 aliphatic heterocycles. The Hall–Kier alpha value is -0.600. The fraction of sp³-hybridized carbons (Fsp3) is 0.733. The van der Waals surface area contributed by atoms with Gasteiger partial charge >= 0.3 is 0 Å². The number of rotatable bonds is 5. The van der Waals surface area contributed by atoms with E-state index in [2.05, 4.69) is 37.8 Å². The maximum Gasteiger partial charge on any atom is 0.0193 e. The zero-order valence-corrected chi connectivity index (χ0v) is 11.7. The van der Waals surface area contributed by atoms with Crippen molar-refractivity contribution >= 4 is 0 Å². The van der Waals surface area contributed by atoms with Crippen molar-refractivity contribution in [2.24, 2.45) is 11.7 Å². The van der Waals surface area contributed by atoms with E-state index < -0.39 is 0 Å². The van der Waals surface area contributed by atoms with Gasteiger partial charge in [-0.25, -0.2) is 0 Å². The van der Waals surface area contributed by atoms with Gasteiger partial charge in [-0.1, -0.05) is 30.2 Å². The molecule has 0 aromatic carbocycles. The summed E-state index contributed by atoms with van der Waals surface area (Å²) in [5, 5.41) is 0. The van der Waals surface area contributed by atoms with Gasteiger partial charge in [0, 0.05) is 13.1 Å². The van der Waals surface area contributed by atoms with E-state index in [1.807, 2.05) is 0 Å². The van der Waals surface area contributed by atoms with Crippen LogP contribution in [0.15, 0.2) is 23.3 Å². The van der Waals surface area contributed by atoms with E-state index in [0.29, 0.717) is 5.92 Å². The molecule has 0 aromatic heterocycles. The summed E-state index contributed by atoms with van der Waals surface area (Å²) in [6.45, 7) is 11.0. The molecular formula is C15H28N2. The molecule has 0 aliphatic carbocycles. The van der Waals surface area contributed by atoms with Gasteiger partial charge in [-0.15, -0.1) is 0 Å². The smallest absolute Gasteiger partial charge is 0.0193 e. The molecule has 1 unspecified atom stereocenters. The van der Waals surface area contributed by atoms with Gasteiger partial charge in [0.2, 0.25) is 0 Å². The molecule has 0 radical (unpaired) electrons. The number of likely N-dealkylation sites (tertiary alicyclic amines) is 1. The Morgan fingerprint density at radius 1 is 1.29 bits per heavy atom. The Balaban J connectivity index is 2.42. The normalized spacial score (nSPS) is 24.1. The van der Waals surface area contributed by atoms with E-state index in [-0.39, 0.29) is 0 Å². The van der Waals surface area contributed by atoms with Gasteiger partial charge in [0.1, 0.15) is 0 Å². The molecule has 0 spiro atoms. The first-order chi connectivity index (χ1) is 8.15. The molecule has 0 bridgehead atoms. The third-order valence-corrected chi connectivity index (χ3v) is 3.62. The second kappa shape index (κ2) is 7.67. The Bertz CT molecular complexity index is 279. The summed E-state index contributed by atoms with van der Waals surface area (Å²) in [6.07, 6.45) is 8.27. The summed E-state index contributed by atoms with van der Waals surface area (Å²) in [6, 6.07) is 0. The van der Waals surface area contributed by atoms with Gasteiger partial charge in [0.25, 0.3) is 0 Å². The zero-order valence-electron chi connectivity index (χ0n) is 11.7. The van der Waals surface area contributed by atoms with Gasteiger partial charge < -0.3 is 5.73 Å². The fourth-order valence-corrected chi connectivity index (χ4v) is 2.30. The Morgan fingerprint density at radius 3 is 2.65 bits per heavy atom. The number of nitrogens with two attached hydrogens (primary N) is 1. The van der Waals surface area contributed by atoms with E-state index in [1.165, 1.54) is 37.1 Å². The summed E-state index contributed by atoms with van der Waals surface area (Å²) in [5.41, 5.74) is 8.66. The minimum absolute atomic E-state index is 0.712. The molecule has 17 heavy (non-hydrogen) atoms. The van der Waals surface area contributed by atoms with Gasteiger partial charge in [0.15, 0.2) is 0 Å². The van der Waals surface area contributed by atoms with Crippen molar-refractivity contribution < 1.29 is 0 Å². The van der Waals surface area contributed by atoms with Crippen LogP contribution in [-0.2, 0) is 0 Å². The van der Waals surface area contributed by atoms with Gasteiger partial charge in [-0.3, -0.25) is 4.90 Å². The third kappa shape index (κ3) is 5.51. The zero-order chi connectivity index (χ0) is 12.7. The van der Waals surface area contributed by atoms with Crippen molar-refractivity contribution in [1.82, 2.24) is 4.90 Å². The number of hydrogen-bond acceptors (Lipinski definition) is 2. The lowest BCUT2D eigenvalue weighted by molar-refractivity contribution is 0.191. The molecular weight excluding hydrogens is 208 g/mol. The second-order valence-electron chi connectivity index (χ2n) is 5.36. The second-order valence-corrected chi connectivity index (χ2v) is 5.36. The molecule has 1 atom stereocenters. The van der Waals surface area contributed by atoms with Crippen LogP contribution in [0.2, 0.25) is 0 Å². The molecule has 1 fully saturated rings. The summed E-state index contributed by atoms with van der Waals surface area (Å²) in [7, 11) is 0. The predicted octanol–water partition coefficient (Wildman–Crippen LogP) is 2.96. The lowest BCUT2D eigenvalue weighted by atomic mass is 9.98. The van der Waals surface area contributed by atoms with Crippen molar-refractivity contribution in [2.45, 2.75) is 40.0 Å². The third-order valence-electron chi connectivity index (χ3n) is 3.62. The molecule has 0 saturated carbocycles. The summed E-state index contributed by atoms with van der Waals surface area (Å²) >= 11 is 0. The first-order valence-corrected chi connectivity index (χ1v) is 6.91. The van der Waals surface area contributed by atoms with E-state index in [0.717, 1.165) is 19.5 Å². The maximum atomic E-state index is 5.76. The highest BCUT2D eigenvalue weighted by molar-refractivity contribution is 5.16. The minimum Gasteiger partial charge on any atom is -0.330 e. The van der Waals surface area contributed by atoms with E-state index in [9.17, 15) is 0 Å². The Morgan fingerprint density at radius 2 is 2.00 bits per heavy atom. The average Bonchev–Trinajstić information content (AvgIpc) is 2.36. The molecule has 2 heteroatoms. The van der Waals surface area contributed by atoms with Crippen LogP contribution in [0.4, 0.5) is 0 Å². The van der Waals surface area contributed by atoms with Crippen LogP contribution in [0.3, 0.4) is 0 Å². The number of hydrogen-bond donors (Lipinski definition) is 1. The average molecular weight is 236 g/mol. The highest BCUT2D eigenvalue weighted by atomic mass is 15.1. The van der Waals surface area contributed by atoms with Crippen molar-refractivity contribution in [1.29, 1.82) is 0 Å².